The van der Waals surface area contributed by atoms with Gasteiger partial charge in [0.1, 0.15) is 29.6 Å². The van der Waals surface area contributed by atoms with Crippen molar-refractivity contribution < 1.29 is 43.9 Å². The third-order valence-corrected chi connectivity index (χ3v) is 12.3. The number of hydrogen-bond acceptors (Lipinski definition) is 8. The van der Waals surface area contributed by atoms with E-state index in [4.69, 9.17) is 4.98 Å². The lowest BCUT2D eigenvalue weighted by Crippen LogP contribution is -2.44. The number of carbonyl (C=O) groups is 1. The first-order chi connectivity index (χ1) is 28.3. The fraction of sp³-hybridized carbons (Fsp3) is 0.429. The summed E-state index contributed by atoms with van der Waals surface area (Å²) in [5, 5.41) is 8.54. The number of sulfone groups is 1. The highest BCUT2D eigenvalue weighted by atomic mass is 32.2. The first kappa shape index (κ1) is 41.6. The summed E-state index contributed by atoms with van der Waals surface area (Å²) in [4.78, 5) is 23.4. The standard InChI is InChI=1S/C42H40F7N7O3S/c1-53-12-14-55(15-13-53)11-5-6-28-9-10-30(31-7-4-8-32-35(23-60(3,58)59)51-54(2)38(31)32)37(50-28)25(16-24-17-26(43)20-27(44)18-24)19-29(57)22-56-40-36(39(52-56)42(47,48)49)33-21-34(33)41(40,45)46/h4,7-10,17-18,20,25,33-34H,11-16,19,21-23H2,1-3H3/t25-,33+,34-/m1/s1. The molecule has 0 amide bonds. The van der Waals surface area contributed by atoms with Crippen LogP contribution in [-0.2, 0) is 52.5 Å². The van der Waals surface area contributed by atoms with Gasteiger partial charge < -0.3 is 4.90 Å². The van der Waals surface area contributed by atoms with Gasteiger partial charge in [-0.05, 0) is 61.6 Å². The molecule has 0 N–H and O–H groups in total. The monoisotopic (exact) mass is 855 g/mol. The molecule has 1 saturated heterocycles. The number of ketones is 1. The van der Waals surface area contributed by atoms with Crippen molar-refractivity contribution >= 4 is 26.5 Å². The molecular weight excluding hydrogens is 816 g/mol. The van der Waals surface area contributed by atoms with Crippen LogP contribution in [0.2, 0.25) is 0 Å². The molecule has 3 aliphatic rings. The molecule has 0 radical (unpaired) electrons. The summed E-state index contributed by atoms with van der Waals surface area (Å²) in [5.41, 5.74) is -0.534. The highest BCUT2D eigenvalue weighted by Crippen LogP contribution is 2.68. The minimum Gasteiger partial charge on any atom is -0.304 e. The average molecular weight is 856 g/mol. The smallest absolute Gasteiger partial charge is 0.304 e. The van der Waals surface area contributed by atoms with Crippen molar-refractivity contribution in [1.82, 2.24) is 34.3 Å². The van der Waals surface area contributed by atoms with E-state index in [0.29, 0.717) is 50.7 Å². The van der Waals surface area contributed by atoms with E-state index in [9.17, 15) is 35.2 Å². The Kier molecular flexibility index (Phi) is 10.7. The fourth-order valence-electron chi connectivity index (χ4n) is 8.69. The molecule has 8 rings (SSSR count). The van der Waals surface area contributed by atoms with Crippen molar-refractivity contribution in [3.63, 3.8) is 0 Å². The number of aromatic nitrogens is 5. The molecule has 10 nitrogen and oxygen atoms in total. The number of halogens is 7. The van der Waals surface area contributed by atoms with Gasteiger partial charge in [-0.2, -0.15) is 32.1 Å². The number of pyridine rings is 1. The van der Waals surface area contributed by atoms with Gasteiger partial charge in [-0.15, -0.1) is 0 Å². The van der Waals surface area contributed by atoms with Crippen molar-refractivity contribution in [3.8, 4) is 23.0 Å². The first-order valence-electron chi connectivity index (χ1n) is 19.3. The van der Waals surface area contributed by atoms with Crippen molar-refractivity contribution in [1.29, 1.82) is 0 Å². The summed E-state index contributed by atoms with van der Waals surface area (Å²) in [5.74, 6) is -3.65. The maximum Gasteiger partial charge on any atom is 0.435 e. The molecule has 2 fully saturated rings. The van der Waals surface area contributed by atoms with Crippen LogP contribution < -0.4 is 0 Å². The van der Waals surface area contributed by atoms with Gasteiger partial charge in [0.05, 0.1) is 29.2 Å². The van der Waals surface area contributed by atoms with Crippen LogP contribution in [0, 0.1) is 29.4 Å². The topological polar surface area (TPSA) is 106 Å². The number of aryl methyl sites for hydroxylation is 1. The first-order valence-corrected chi connectivity index (χ1v) is 21.4. The van der Waals surface area contributed by atoms with Crippen LogP contribution in [-0.4, -0.2) is 94.6 Å². The molecule has 2 aliphatic carbocycles. The van der Waals surface area contributed by atoms with Crippen molar-refractivity contribution in [2.24, 2.45) is 13.0 Å². The van der Waals surface area contributed by atoms with Crippen LogP contribution in [0.1, 0.15) is 64.3 Å². The molecule has 2 aromatic carbocycles. The predicted molar refractivity (Wildman–Crippen MR) is 208 cm³/mol. The van der Waals surface area contributed by atoms with E-state index in [1.165, 1.54) is 4.68 Å². The molecule has 0 spiro atoms. The Labute approximate surface area is 341 Å². The molecule has 0 bridgehead atoms. The van der Waals surface area contributed by atoms with Gasteiger partial charge in [0.25, 0.3) is 5.92 Å². The number of carbonyl (C=O) groups excluding carboxylic acids is 1. The Morgan fingerprint density at radius 3 is 2.38 bits per heavy atom. The van der Waals surface area contributed by atoms with Gasteiger partial charge in [0.15, 0.2) is 21.3 Å². The summed E-state index contributed by atoms with van der Waals surface area (Å²) >= 11 is 0. The third kappa shape index (κ3) is 8.31. The van der Waals surface area contributed by atoms with Gasteiger partial charge in [0, 0.05) is 85.9 Å². The van der Waals surface area contributed by atoms with Crippen LogP contribution in [0.25, 0.3) is 22.0 Å². The number of para-hydroxylation sites is 1. The average Bonchev–Trinajstić information content (AvgIpc) is 3.70. The largest absolute Gasteiger partial charge is 0.435 e. The Bertz CT molecular complexity index is 2670. The number of hydrogen-bond donors (Lipinski definition) is 0. The van der Waals surface area contributed by atoms with Gasteiger partial charge >= 0.3 is 6.18 Å². The number of rotatable bonds is 11. The Morgan fingerprint density at radius 1 is 0.983 bits per heavy atom. The van der Waals surface area contributed by atoms with Crippen LogP contribution in [0.5, 0.6) is 0 Å². The van der Waals surface area contributed by atoms with Gasteiger partial charge in [-0.3, -0.25) is 19.1 Å². The fourth-order valence-corrected chi connectivity index (χ4v) is 9.40. The van der Waals surface area contributed by atoms with E-state index in [-0.39, 0.29) is 29.9 Å². The molecule has 0 unspecified atom stereocenters. The van der Waals surface area contributed by atoms with E-state index in [1.807, 2.05) is 7.05 Å². The maximum absolute atomic E-state index is 15.5. The SMILES string of the molecule is CN1CCN(CC#Cc2ccc(-c3cccc4c(CS(C)(=O)=O)nn(C)c34)c([C@@H](CC(=O)Cn3nc(C(F)(F)F)c4c3C(F)(F)[C@@H]3C[C@H]43)Cc3cc(F)cc(F)c3)n2)CC1. The number of benzene rings is 2. The Morgan fingerprint density at radius 2 is 1.70 bits per heavy atom. The summed E-state index contributed by atoms with van der Waals surface area (Å²) in [7, 11) is 0.166. The molecule has 316 valence electrons. The zero-order valence-corrected chi connectivity index (χ0v) is 33.6. The quantitative estimate of drug-likeness (QED) is 0.110. The predicted octanol–water partition coefficient (Wildman–Crippen LogP) is 6.47. The minimum atomic E-state index is -5.03. The molecule has 3 aromatic heterocycles. The lowest BCUT2D eigenvalue weighted by Gasteiger charge is -2.30. The molecule has 18 heteroatoms. The highest BCUT2D eigenvalue weighted by Gasteiger charge is 2.68. The number of likely N-dealkylation sites (N-methyl/N-ethyl adjacent to an activating group) is 1. The lowest BCUT2D eigenvalue weighted by atomic mass is 9.86. The van der Waals surface area contributed by atoms with Crippen LogP contribution in [0.3, 0.4) is 0 Å². The molecule has 4 heterocycles. The third-order valence-electron chi connectivity index (χ3n) is 11.5. The van der Waals surface area contributed by atoms with E-state index in [1.54, 1.807) is 37.4 Å². The van der Waals surface area contributed by atoms with Crippen molar-refractivity contribution in [3.05, 3.63) is 99.8 Å². The van der Waals surface area contributed by atoms with Crippen molar-refractivity contribution in [2.45, 2.75) is 55.5 Å². The zero-order valence-electron chi connectivity index (χ0n) is 32.8. The number of Topliss-reactive ketones (excluding diaryl/α,β-unsaturated/α-hetero) is 1. The zero-order chi connectivity index (χ0) is 42.9. The second-order valence-corrected chi connectivity index (χ2v) is 18.3. The number of piperazine rings is 1. The number of fused-ring (bicyclic) bond motifs is 4. The summed E-state index contributed by atoms with van der Waals surface area (Å²) in [6.45, 7) is 2.88. The van der Waals surface area contributed by atoms with Crippen LogP contribution in [0.4, 0.5) is 30.7 Å². The maximum atomic E-state index is 15.5. The van der Waals surface area contributed by atoms with Crippen LogP contribution in [0.15, 0.2) is 48.5 Å². The van der Waals surface area contributed by atoms with Gasteiger partial charge in [-0.25, -0.2) is 22.2 Å². The summed E-state index contributed by atoms with van der Waals surface area (Å²) < 4.78 is 129. The molecule has 1 aliphatic heterocycles. The Hall–Kier alpha value is -5.12. The van der Waals surface area contributed by atoms with E-state index in [0.717, 1.165) is 44.6 Å². The van der Waals surface area contributed by atoms with Crippen molar-refractivity contribution in [2.75, 3.05) is 46.0 Å². The normalized spacial score (nSPS) is 19.5. The number of nitrogens with zero attached hydrogens (tertiary/aromatic N) is 7. The van der Waals surface area contributed by atoms with Gasteiger partial charge in [0.2, 0.25) is 0 Å². The molecular formula is C42H40F7N7O3S. The Balaban J connectivity index is 1.23. The minimum absolute atomic E-state index is 0.114. The van der Waals surface area contributed by atoms with E-state index < -0.39 is 87.0 Å². The second-order valence-electron chi connectivity index (χ2n) is 16.1. The molecule has 60 heavy (non-hydrogen) atoms. The van der Waals surface area contributed by atoms with E-state index in [2.05, 4.69) is 31.8 Å². The molecule has 5 aromatic rings. The summed E-state index contributed by atoms with van der Waals surface area (Å²) in [6, 6.07) is 11.4. The number of alkyl halides is 5. The van der Waals surface area contributed by atoms with Gasteiger partial charge in [-0.1, -0.05) is 24.1 Å². The highest BCUT2D eigenvalue weighted by molar-refractivity contribution is 7.89. The summed E-state index contributed by atoms with van der Waals surface area (Å²) in [6.07, 6.45) is -4.77. The second kappa shape index (κ2) is 15.4. The van der Waals surface area contributed by atoms with Crippen LogP contribution >= 0.6 is 0 Å². The molecule has 3 atom stereocenters. The lowest BCUT2D eigenvalue weighted by molar-refractivity contribution is -0.142. The molecule has 1 saturated carbocycles. The van der Waals surface area contributed by atoms with E-state index >= 15 is 8.78 Å².